The molecule has 112 valence electrons. The van der Waals surface area contributed by atoms with Crippen molar-refractivity contribution in [2.75, 3.05) is 18.5 Å². The average molecular weight is 300 g/mol. The Morgan fingerprint density at radius 1 is 1.35 bits per heavy atom. The van der Waals surface area contributed by atoms with Crippen LogP contribution in [0.2, 0.25) is 0 Å². The Hall–Kier alpha value is -1.60. The summed E-state index contributed by atoms with van der Waals surface area (Å²) in [4.78, 5) is 11.9. The van der Waals surface area contributed by atoms with Gasteiger partial charge >= 0.3 is 0 Å². The molecule has 1 atom stereocenters. The molecule has 0 spiro atoms. The lowest BCUT2D eigenvalue weighted by Gasteiger charge is -2.22. The molecular weight excluding hydrogens is 280 g/mol. The monoisotopic (exact) mass is 300 g/mol. The Morgan fingerprint density at radius 2 is 1.85 bits per heavy atom. The number of nitrogens with two attached hydrogens (primary N) is 1. The summed E-state index contributed by atoms with van der Waals surface area (Å²) < 4.78 is 21.5. The fourth-order valence-electron chi connectivity index (χ4n) is 1.41. The van der Waals surface area contributed by atoms with Crippen molar-refractivity contribution in [2.24, 2.45) is 0 Å². The SMILES string of the molecule is CC(C)(C(=O)NCC(O)c1ccc(N)cc1)S(C)(=O)=O. The highest BCUT2D eigenvalue weighted by Gasteiger charge is 2.38. The highest BCUT2D eigenvalue weighted by Crippen LogP contribution is 2.17. The second kappa shape index (κ2) is 5.80. The van der Waals surface area contributed by atoms with Crippen molar-refractivity contribution in [1.82, 2.24) is 5.32 Å². The van der Waals surface area contributed by atoms with Crippen LogP contribution in [0.5, 0.6) is 0 Å². The minimum absolute atomic E-state index is 0.0678. The van der Waals surface area contributed by atoms with Gasteiger partial charge in [-0.05, 0) is 31.5 Å². The van der Waals surface area contributed by atoms with Crippen LogP contribution in [-0.2, 0) is 14.6 Å². The number of carbonyl (C=O) groups excluding carboxylic acids is 1. The lowest BCUT2D eigenvalue weighted by Crippen LogP contribution is -2.48. The number of nitrogen functional groups attached to an aromatic ring is 1. The number of aliphatic hydroxyl groups excluding tert-OH is 1. The molecule has 1 unspecified atom stereocenters. The van der Waals surface area contributed by atoms with Gasteiger partial charge in [-0.3, -0.25) is 4.79 Å². The molecule has 0 aliphatic rings. The lowest BCUT2D eigenvalue weighted by molar-refractivity contribution is -0.123. The first-order valence-electron chi connectivity index (χ1n) is 6.07. The third-order valence-corrected chi connectivity index (χ3v) is 5.29. The largest absolute Gasteiger partial charge is 0.399 e. The minimum Gasteiger partial charge on any atom is -0.399 e. The van der Waals surface area contributed by atoms with E-state index in [-0.39, 0.29) is 6.54 Å². The number of amides is 1. The molecule has 0 aliphatic carbocycles. The van der Waals surface area contributed by atoms with Gasteiger partial charge in [-0.25, -0.2) is 8.42 Å². The molecule has 0 saturated carbocycles. The van der Waals surface area contributed by atoms with Crippen molar-refractivity contribution in [3.05, 3.63) is 29.8 Å². The van der Waals surface area contributed by atoms with Crippen LogP contribution in [0.4, 0.5) is 5.69 Å². The summed E-state index contributed by atoms with van der Waals surface area (Å²) in [7, 11) is -3.53. The molecule has 6 nitrogen and oxygen atoms in total. The molecule has 1 rings (SSSR count). The number of benzene rings is 1. The normalized spacial score (nSPS) is 13.8. The predicted molar refractivity (Wildman–Crippen MR) is 77.7 cm³/mol. The smallest absolute Gasteiger partial charge is 0.240 e. The highest BCUT2D eigenvalue weighted by molar-refractivity contribution is 7.92. The van der Waals surface area contributed by atoms with Gasteiger partial charge in [0.25, 0.3) is 0 Å². The van der Waals surface area contributed by atoms with E-state index in [1.54, 1.807) is 24.3 Å². The maximum Gasteiger partial charge on any atom is 0.240 e. The zero-order valence-electron chi connectivity index (χ0n) is 11.8. The summed E-state index contributed by atoms with van der Waals surface area (Å²) >= 11 is 0. The molecule has 1 amide bonds. The van der Waals surface area contributed by atoms with Crippen molar-refractivity contribution in [2.45, 2.75) is 24.7 Å². The summed E-state index contributed by atoms with van der Waals surface area (Å²) in [5.74, 6) is -0.644. The molecule has 1 aromatic rings. The van der Waals surface area contributed by atoms with Crippen LogP contribution in [0.15, 0.2) is 24.3 Å². The second-order valence-corrected chi connectivity index (χ2v) is 7.74. The highest BCUT2D eigenvalue weighted by atomic mass is 32.2. The molecule has 20 heavy (non-hydrogen) atoms. The molecule has 0 radical (unpaired) electrons. The van der Waals surface area contributed by atoms with Gasteiger partial charge in [0.1, 0.15) is 4.75 Å². The van der Waals surface area contributed by atoms with Gasteiger partial charge in [-0.1, -0.05) is 12.1 Å². The third kappa shape index (κ3) is 3.71. The first-order chi connectivity index (χ1) is 9.05. The number of hydrogen-bond donors (Lipinski definition) is 3. The van der Waals surface area contributed by atoms with E-state index in [2.05, 4.69) is 5.32 Å². The number of anilines is 1. The predicted octanol–water partition coefficient (Wildman–Crippen LogP) is 0.242. The maximum absolute atomic E-state index is 11.9. The number of sulfone groups is 1. The number of aliphatic hydroxyl groups is 1. The van der Waals surface area contributed by atoms with Gasteiger partial charge in [0, 0.05) is 18.5 Å². The topological polar surface area (TPSA) is 109 Å². The first-order valence-corrected chi connectivity index (χ1v) is 7.96. The Balaban J connectivity index is 2.68. The van der Waals surface area contributed by atoms with Gasteiger partial charge < -0.3 is 16.2 Å². The Kier molecular flexibility index (Phi) is 4.77. The molecule has 1 aromatic carbocycles. The summed E-state index contributed by atoms with van der Waals surface area (Å²) in [6, 6.07) is 6.57. The van der Waals surface area contributed by atoms with Crippen LogP contribution < -0.4 is 11.1 Å². The van der Waals surface area contributed by atoms with E-state index in [0.29, 0.717) is 11.3 Å². The van der Waals surface area contributed by atoms with Gasteiger partial charge in [0.15, 0.2) is 9.84 Å². The molecule has 0 fully saturated rings. The van der Waals surface area contributed by atoms with E-state index in [0.717, 1.165) is 6.26 Å². The Morgan fingerprint density at radius 3 is 2.30 bits per heavy atom. The second-order valence-electron chi connectivity index (χ2n) is 5.17. The van der Waals surface area contributed by atoms with Crippen LogP contribution in [0.25, 0.3) is 0 Å². The van der Waals surface area contributed by atoms with Crippen molar-refractivity contribution in [3.8, 4) is 0 Å². The van der Waals surface area contributed by atoms with Crippen LogP contribution in [0.3, 0.4) is 0 Å². The fourth-order valence-corrected chi connectivity index (χ4v) is 1.82. The van der Waals surface area contributed by atoms with Crippen molar-refractivity contribution in [3.63, 3.8) is 0 Å². The summed E-state index contributed by atoms with van der Waals surface area (Å²) in [5.41, 5.74) is 6.70. The number of nitrogens with one attached hydrogen (secondary N) is 1. The standard InChI is InChI=1S/C13H20N2O4S/c1-13(2,20(3,18)19)12(17)15-8-11(16)9-4-6-10(14)7-5-9/h4-7,11,16H,8,14H2,1-3H3,(H,15,17). The molecule has 4 N–H and O–H groups in total. The first kappa shape index (κ1) is 16.5. The molecule has 0 aromatic heterocycles. The molecule has 7 heteroatoms. The van der Waals surface area contributed by atoms with Gasteiger partial charge in [0.05, 0.1) is 6.10 Å². The quantitative estimate of drug-likeness (QED) is 0.675. The zero-order chi connectivity index (χ0) is 15.6. The van der Waals surface area contributed by atoms with E-state index in [1.807, 2.05) is 0 Å². The van der Waals surface area contributed by atoms with Crippen molar-refractivity contribution < 1.29 is 18.3 Å². The van der Waals surface area contributed by atoms with Crippen molar-refractivity contribution in [1.29, 1.82) is 0 Å². The lowest BCUT2D eigenvalue weighted by atomic mass is 10.1. The van der Waals surface area contributed by atoms with E-state index >= 15 is 0 Å². The number of rotatable bonds is 5. The summed E-state index contributed by atoms with van der Waals surface area (Å²) in [6.45, 7) is 2.59. The zero-order valence-corrected chi connectivity index (χ0v) is 12.6. The molecule has 0 heterocycles. The average Bonchev–Trinajstić information content (AvgIpc) is 2.34. The van der Waals surface area contributed by atoms with E-state index in [4.69, 9.17) is 5.73 Å². The minimum atomic E-state index is -3.53. The maximum atomic E-state index is 11.9. The van der Waals surface area contributed by atoms with Gasteiger partial charge in [-0.2, -0.15) is 0 Å². The molecule has 0 aliphatic heterocycles. The molecule has 0 bridgehead atoms. The van der Waals surface area contributed by atoms with E-state index < -0.39 is 26.6 Å². The molecule has 0 saturated heterocycles. The summed E-state index contributed by atoms with van der Waals surface area (Å²) in [6.07, 6.45) is 0.0816. The number of hydrogen-bond acceptors (Lipinski definition) is 5. The van der Waals surface area contributed by atoms with Gasteiger partial charge in [0.2, 0.25) is 5.91 Å². The van der Waals surface area contributed by atoms with Crippen LogP contribution in [0.1, 0.15) is 25.5 Å². The van der Waals surface area contributed by atoms with E-state index in [9.17, 15) is 18.3 Å². The van der Waals surface area contributed by atoms with Crippen molar-refractivity contribution >= 4 is 21.4 Å². The van der Waals surface area contributed by atoms with E-state index in [1.165, 1.54) is 13.8 Å². The Labute approximate surface area is 118 Å². The number of carbonyl (C=O) groups is 1. The fraction of sp³-hybridized carbons (Fsp3) is 0.462. The Bertz CT molecular complexity index is 579. The summed E-state index contributed by atoms with van der Waals surface area (Å²) in [5, 5.41) is 12.4. The van der Waals surface area contributed by atoms with Crippen LogP contribution >= 0.6 is 0 Å². The van der Waals surface area contributed by atoms with Gasteiger partial charge in [-0.15, -0.1) is 0 Å². The molecular formula is C13H20N2O4S. The third-order valence-electron chi connectivity index (χ3n) is 3.25. The van der Waals surface area contributed by atoms with Crippen LogP contribution in [0, 0.1) is 0 Å². The van der Waals surface area contributed by atoms with Crippen LogP contribution in [-0.4, -0.2) is 37.0 Å².